The first kappa shape index (κ1) is 19.6. The van der Waals surface area contributed by atoms with Gasteiger partial charge in [0.2, 0.25) is 11.8 Å². The average molecular weight is 398 g/mol. The van der Waals surface area contributed by atoms with Crippen LogP contribution >= 0.6 is 34.9 Å². The Labute approximate surface area is 158 Å². The standard InChI is InChI=1S/C16H19N3O3S3/c1-3-22-11-4-6-12(7-5-11)23-9-14(21)19-16-18-10(2)15(25-16)24-8-13(17)20/h4-7H,3,8-9H2,1-2H3,(H2,17,20)(H,18,19,21). The molecule has 0 aliphatic rings. The molecule has 0 aliphatic carbocycles. The van der Waals surface area contributed by atoms with E-state index in [1.165, 1.54) is 34.9 Å². The van der Waals surface area contributed by atoms with Gasteiger partial charge in [-0.2, -0.15) is 0 Å². The maximum atomic E-state index is 12.1. The lowest BCUT2D eigenvalue weighted by atomic mass is 10.3. The molecule has 1 aromatic carbocycles. The highest BCUT2D eigenvalue weighted by molar-refractivity contribution is 8.01. The molecule has 0 aliphatic heterocycles. The Hall–Kier alpha value is -1.71. The number of amides is 2. The van der Waals surface area contributed by atoms with Gasteiger partial charge in [-0.1, -0.05) is 11.3 Å². The predicted octanol–water partition coefficient (Wildman–Crippen LogP) is 3.16. The Morgan fingerprint density at radius 1 is 1.24 bits per heavy atom. The van der Waals surface area contributed by atoms with Crippen LogP contribution in [-0.4, -0.2) is 34.9 Å². The molecule has 0 unspecified atom stereocenters. The lowest BCUT2D eigenvalue weighted by molar-refractivity contribution is -0.115. The van der Waals surface area contributed by atoms with Gasteiger partial charge in [0.1, 0.15) is 5.75 Å². The first-order chi connectivity index (χ1) is 12.0. The molecule has 2 aromatic rings. The monoisotopic (exact) mass is 397 g/mol. The van der Waals surface area contributed by atoms with E-state index in [1.54, 1.807) is 0 Å². The van der Waals surface area contributed by atoms with Gasteiger partial charge in [-0.25, -0.2) is 4.98 Å². The van der Waals surface area contributed by atoms with Crippen LogP contribution in [0.1, 0.15) is 12.6 Å². The van der Waals surface area contributed by atoms with Crippen LogP contribution in [0.15, 0.2) is 33.4 Å². The van der Waals surface area contributed by atoms with E-state index in [4.69, 9.17) is 10.5 Å². The SMILES string of the molecule is CCOc1ccc(SCC(=O)Nc2nc(C)c(SCC(N)=O)s2)cc1. The number of benzene rings is 1. The van der Waals surface area contributed by atoms with Crippen molar-refractivity contribution in [1.82, 2.24) is 4.98 Å². The summed E-state index contributed by atoms with van der Waals surface area (Å²) in [4.78, 5) is 28.2. The number of nitrogens with one attached hydrogen (secondary N) is 1. The highest BCUT2D eigenvalue weighted by Gasteiger charge is 2.12. The summed E-state index contributed by atoms with van der Waals surface area (Å²) in [6.45, 7) is 4.40. The van der Waals surface area contributed by atoms with Crippen LogP contribution in [0.3, 0.4) is 0 Å². The smallest absolute Gasteiger partial charge is 0.236 e. The molecule has 1 heterocycles. The molecule has 0 saturated carbocycles. The first-order valence-corrected chi connectivity index (χ1v) is 10.3. The van der Waals surface area contributed by atoms with Gasteiger partial charge in [-0.3, -0.25) is 9.59 Å². The van der Waals surface area contributed by atoms with Gasteiger partial charge in [0.15, 0.2) is 5.13 Å². The van der Waals surface area contributed by atoms with Gasteiger partial charge >= 0.3 is 0 Å². The van der Waals surface area contributed by atoms with Crippen LogP contribution in [0.25, 0.3) is 0 Å². The lowest BCUT2D eigenvalue weighted by Gasteiger charge is -2.05. The minimum Gasteiger partial charge on any atom is -0.494 e. The topological polar surface area (TPSA) is 94.3 Å². The number of nitrogens with zero attached hydrogens (tertiary/aromatic N) is 1. The molecule has 0 radical (unpaired) electrons. The summed E-state index contributed by atoms with van der Waals surface area (Å²) in [6, 6.07) is 7.62. The number of primary amides is 1. The molecule has 134 valence electrons. The summed E-state index contributed by atoms with van der Waals surface area (Å²) >= 11 is 4.12. The summed E-state index contributed by atoms with van der Waals surface area (Å²) in [5, 5.41) is 3.32. The zero-order chi connectivity index (χ0) is 18.2. The van der Waals surface area contributed by atoms with Crippen molar-refractivity contribution in [1.29, 1.82) is 0 Å². The van der Waals surface area contributed by atoms with Crippen molar-refractivity contribution >= 4 is 51.8 Å². The maximum absolute atomic E-state index is 12.1. The molecule has 6 nitrogen and oxygen atoms in total. The third-order valence-electron chi connectivity index (χ3n) is 2.85. The molecular formula is C16H19N3O3S3. The van der Waals surface area contributed by atoms with Crippen molar-refractivity contribution in [3.8, 4) is 5.75 Å². The van der Waals surface area contributed by atoms with Gasteiger partial charge in [0.05, 0.1) is 28.0 Å². The molecule has 0 fully saturated rings. The van der Waals surface area contributed by atoms with E-state index < -0.39 is 0 Å². The molecule has 2 amide bonds. The number of anilines is 1. The number of thiazole rings is 1. The third kappa shape index (κ3) is 6.60. The first-order valence-electron chi connectivity index (χ1n) is 7.52. The second-order valence-electron chi connectivity index (χ2n) is 4.89. The average Bonchev–Trinajstić information content (AvgIpc) is 2.92. The number of nitrogens with two attached hydrogens (primary N) is 1. The molecule has 0 saturated heterocycles. The van der Waals surface area contributed by atoms with E-state index in [-0.39, 0.29) is 23.3 Å². The summed E-state index contributed by atoms with van der Waals surface area (Å²) < 4.78 is 6.27. The number of thioether (sulfide) groups is 2. The largest absolute Gasteiger partial charge is 0.494 e. The summed E-state index contributed by atoms with van der Waals surface area (Å²) in [5.41, 5.74) is 5.93. The Morgan fingerprint density at radius 3 is 2.60 bits per heavy atom. The van der Waals surface area contributed by atoms with Crippen molar-refractivity contribution < 1.29 is 14.3 Å². The Balaban J connectivity index is 1.83. The van der Waals surface area contributed by atoms with Crippen LogP contribution in [0.2, 0.25) is 0 Å². The number of hydrogen-bond donors (Lipinski definition) is 2. The fraction of sp³-hybridized carbons (Fsp3) is 0.312. The van der Waals surface area contributed by atoms with Crippen LogP contribution in [0.4, 0.5) is 5.13 Å². The summed E-state index contributed by atoms with van der Waals surface area (Å²) in [5.74, 6) is 0.796. The van der Waals surface area contributed by atoms with Crippen LogP contribution in [0.5, 0.6) is 5.75 Å². The van der Waals surface area contributed by atoms with Gasteiger partial charge in [0.25, 0.3) is 0 Å². The fourth-order valence-electron chi connectivity index (χ4n) is 1.81. The van der Waals surface area contributed by atoms with E-state index in [9.17, 15) is 9.59 Å². The van der Waals surface area contributed by atoms with Gasteiger partial charge < -0.3 is 15.8 Å². The Bertz CT molecular complexity index is 732. The van der Waals surface area contributed by atoms with Crippen LogP contribution < -0.4 is 15.8 Å². The number of ether oxygens (including phenoxy) is 1. The molecule has 9 heteroatoms. The number of carbonyl (C=O) groups excluding carboxylic acids is 2. The minimum atomic E-state index is -0.379. The van der Waals surface area contributed by atoms with E-state index in [0.29, 0.717) is 11.7 Å². The van der Waals surface area contributed by atoms with Crippen LogP contribution in [0, 0.1) is 6.92 Å². The highest BCUT2D eigenvalue weighted by Crippen LogP contribution is 2.32. The number of rotatable bonds is 9. The van der Waals surface area contributed by atoms with Crippen molar-refractivity contribution in [2.75, 3.05) is 23.4 Å². The molecule has 2 rings (SSSR count). The van der Waals surface area contributed by atoms with E-state index in [0.717, 1.165) is 20.5 Å². The number of aryl methyl sites for hydroxylation is 1. The van der Waals surface area contributed by atoms with Gasteiger partial charge in [0, 0.05) is 4.90 Å². The molecule has 25 heavy (non-hydrogen) atoms. The number of aromatic nitrogens is 1. The lowest BCUT2D eigenvalue weighted by Crippen LogP contribution is -2.13. The second kappa shape index (κ2) is 9.69. The van der Waals surface area contributed by atoms with Crippen molar-refractivity contribution in [2.24, 2.45) is 5.73 Å². The van der Waals surface area contributed by atoms with Gasteiger partial charge in [-0.15, -0.1) is 23.5 Å². The highest BCUT2D eigenvalue weighted by atomic mass is 32.2. The van der Waals surface area contributed by atoms with Crippen molar-refractivity contribution in [2.45, 2.75) is 23.0 Å². The quantitative estimate of drug-likeness (QED) is 0.631. The maximum Gasteiger partial charge on any atom is 0.236 e. The minimum absolute atomic E-state index is 0.126. The molecule has 0 atom stereocenters. The van der Waals surface area contributed by atoms with Crippen molar-refractivity contribution in [3.63, 3.8) is 0 Å². The molecular weight excluding hydrogens is 378 g/mol. The summed E-state index contributed by atoms with van der Waals surface area (Å²) in [7, 11) is 0. The summed E-state index contributed by atoms with van der Waals surface area (Å²) in [6.07, 6.45) is 0. The zero-order valence-electron chi connectivity index (χ0n) is 13.9. The third-order valence-corrected chi connectivity index (χ3v) is 6.32. The van der Waals surface area contributed by atoms with E-state index in [2.05, 4.69) is 10.3 Å². The Kier molecular flexibility index (Phi) is 7.60. The van der Waals surface area contributed by atoms with Gasteiger partial charge in [-0.05, 0) is 38.1 Å². The Morgan fingerprint density at radius 2 is 1.96 bits per heavy atom. The molecule has 0 spiro atoms. The van der Waals surface area contributed by atoms with Crippen molar-refractivity contribution in [3.05, 3.63) is 30.0 Å². The molecule has 0 bridgehead atoms. The predicted molar refractivity (Wildman–Crippen MR) is 104 cm³/mol. The van der Waals surface area contributed by atoms with E-state index >= 15 is 0 Å². The van der Waals surface area contributed by atoms with Crippen LogP contribution in [-0.2, 0) is 9.59 Å². The second-order valence-corrected chi connectivity index (χ2v) is 8.18. The number of carbonyl (C=O) groups is 2. The zero-order valence-corrected chi connectivity index (χ0v) is 16.4. The number of hydrogen-bond acceptors (Lipinski definition) is 7. The molecule has 3 N–H and O–H groups in total. The van der Waals surface area contributed by atoms with E-state index in [1.807, 2.05) is 38.1 Å². The normalized spacial score (nSPS) is 10.5. The fourth-order valence-corrected chi connectivity index (χ4v) is 4.40. The molecule has 1 aromatic heterocycles.